The number of hydrogen-bond donors (Lipinski definition) is 9. The molecule has 0 aliphatic carbocycles. The lowest BCUT2D eigenvalue weighted by Gasteiger charge is -2.25. The summed E-state index contributed by atoms with van der Waals surface area (Å²) in [6.07, 6.45) is 21.2. The molecule has 0 aromatic rings. The molecule has 20 heteroatoms. The van der Waals surface area contributed by atoms with Crippen LogP contribution in [-0.2, 0) is 43.2 Å². The Morgan fingerprint density at radius 2 is 0.766 bits per heavy atom. The van der Waals surface area contributed by atoms with Crippen molar-refractivity contribution in [2.24, 2.45) is 5.73 Å². The minimum absolute atomic E-state index is 0.0381. The van der Waals surface area contributed by atoms with E-state index < -0.39 is 78.5 Å². The van der Waals surface area contributed by atoms with E-state index in [1.165, 1.54) is 77.0 Å². The number of aliphatic carboxylic acids is 2. The lowest BCUT2D eigenvalue weighted by molar-refractivity contribution is -0.143. The number of carbonyl (C=O) groups is 9. The number of primary amides is 1. The van der Waals surface area contributed by atoms with Crippen molar-refractivity contribution in [2.75, 3.05) is 36.1 Å². The number of carbonyl (C=O) groups excluding carboxylic acids is 7. The Morgan fingerprint density at radius 1 is 0.453 bits per heavy atom. The zero-order chi connectivity index (χ0) is 48.0. The van der Waals surface area contributed by atoms with Crippen molar-refractivity contribution in [2.45, 2.75) is 186 Å². The molecule has 10 N–H and O–H groups in total. The van der Waals surface area contributed by atoms with Crippen molar-refractivity contribution in [3.05, 3.63) is 0 Å². The van der Waals surface area contributed by atoms with Crippen LogP contribution in [-0.4, -0.2) is 124 Å². The summed E-state index contributed by atoms with van der Waals surface area (Å²) in [6, 6.07) is -6.33. The van der Waals surface area contributed by atoms with E-state index >= 15 is 0 Å². The molecule has 0 aliphatic heterocycles. The molecule has 368 valence electrons. The topological polar surface area (TPSA) is 292 Å². The van der Waals surface area contributed by atoms with Gasteiger partial charge in [-0.3, -0.25) is 43.2 Å². The molecule has 0 aromatic carbocycles. The molecule has 0 radical (unpaired) electrons. The molecule has 0 saturated heterocycles. The summed E-state index contributed by atoms with van der Waals surface area (Å²) in [5, 5.41) is 33.8. The predicted molar refractivity (Wildman–Crippen MR) is 251 cm³/mol. The Balaban J connectivity index is 5.11. The maximum Gasteiger partial charge on any atom is 0.305 e. The van der Waals surface area contributed by atoms with Crippen molar-refractivity contribution >= 4 is 76.8 Å². The largest absolute Gasteiger partial charge is 0.481 e. The number of carboxylic acids is 2. The van der Waals surface area contributed by atoms with E-state index in [1.807, 2.05) is 0 Å². The first-order valence-electron chi connectivity index (χ1n) is 23.2. The SMILES string of the molecule is CCCCCCCCCCCCNC(=O)CSC[C@H](NC(=O)[C@H](CC(=O)O)NC(=O)[C@H](CC(=O)O)NC(=O)[C@H](CSCC(=O)NCCCCCCCCCCCC)NC(C)=O)C(N)=O. The molecule has 0 rings (SSSR count). The highest BCUT2D eigenvalue weighted by molar-refractivity contribution is 8.00. The zero-order valence-corrected chi connectivity index (χ0v) is 40.2. The van der Waals surface area contributed by atoms with E-state index in [-0.39, 0.29) is 34.8 Å². The Bertz CT molecular complexity index is 1410. The number of nitrogens with one attached hydrogen (secondary N) is 6. The summed E-state index contributed by atoms with van der Waals surface area (Å²) in [4.78, 5) is 112. The van der Waals surface area contributed by atoms with Crippen molar-refractivity contribution in [1.29, 1.82) is 0 Å². The Kier molecular flexibility index (Phi) is 36.8. The van der Waals surface area contributed by atoms with Crippen molar-refractivity contribution in [3.63, 3.8) is 0 Å². The van der Waals surface area contributed by atoms with Crippen LogP contribution >= 0.6 is 23.5 Å². The van der Waals surface area contributed by atoms with Gasteiger partial charge in [0.1, 0.15) is 24.2 Å². The van der Waals surface area contributed by atoms with Gasteiger partial charge in [0, 0.05) is 31.5 Å². The molecule has 0 unspecified atom stereocenters. The number of thioether (sulfide) groups is 2. The summed E-state index contributed by atoms with van der Waals surface area (Å²) in [6.45, 7) is 6.53. The second-order valence-electron chi connectivity index (χ2n) is 16.1. The van der Waals surface area contributed by atoms with E-state index in [4.69, 9.17) is 5.73 Å². The maximum absolute atomic E-state index is 13.3. The summed E-state index contributed by atoms with van der Waals surface area (Å²) in [5.41, 5.74) is 5.48. The molecule has 7 amide bonds. The fraction of sp³-hybridized carbons (Fsp3) is 0.795. The standard InChI is InChI=1S/C44H79N7O11S2/c1-4-6-8-10-12-14-16-18-20-22-24-46-37(53)30-63-28-35(41(45)59)51-43(61)34(27-40(57)58)49-42(60)33(26-39(55)56)50-44(62)36(48-32(3)52)29-64-31-38(54)47-25-23-21-19-17-15-13-11-9-7-5-2/h33-36H,4-31H2,1-3H3,(H2,45,59)(H,46,53)(H,47,54)(H,48,52)(H,49,60)(H,50,62)(H,51,61)(H,55,56)(H,57,58)/t33-,34-,35-,36-/m0/s1. The van der Waals surface area contributed by atoms with E-state index in [9.17, 15) is 53.4 Å². The first-order valence-corrected chi connectivity index (χ1v) is 25.5. The van der Waals surface area contributed by atoms with E-state index in [2.05, 4.69) is 45.7 Å². The summed E-state index contributed by atoms with van der Waals surface area (Å²) < 4.78 is 0. The monoisotopic (exact) mass is 946 g/mol. The number of rotatable bonds is 42. The normalized spacial score (nSPS) is 12.8. The summed E-state index contributed by atoms with van der Waals surface area (Å²) in [5.74, 6) is -8.90. The average Bonchev–Trinajstić information content (AvgIpc) is 3.22. The second kappa shape index (κ2) is 39.3. The van der Waals surface area contributed by atoms with Crippen LogP contribution in [0.3, 0.4) is 0 Å². The molecule has 0 bridgehead atoms. The first kappa shape index (κ1) is 59.9. The van der Waals surface area contributed by atoms with Crippen molar-refractivity contribution < 1.29 is 53.4 Å². The van der Waals surface area contributed by atoms with Crippen LogP contribution < -0.4 is 37.6 Å². The lowest BCUT2D eigenvalue weighted by Crippen LogP contribution is -2.59. The van der Waals surface area contributed by atoms with Gasteiger partial charge in [-0.15, -0.1) is 23.5 Å². The van der Waals surface area contributed by atoms with E-state index in [0.29, 0.717) is 13.1 Å². The second-order valence-corrected chi connectivity index (χ2v) is 18.2. The molecule has 0 fully saturated rings. The molecule has 0 heterocycles. The zero-order valence-electron chi connectivity index (χ0n) is 38.6. The first-order chi connectivity index (χ1) is 30.6. The third-order valence-electron chi connectivity index (χ3n) is 10.1. The molecule has 0 aliphatic rings. The minimum atomic E-state index is -1.84. The van der Waals surface area contributed by atoms with E-state index in [0.717, 1.165) is 81.8 Å². The van der Waals surface area contributed by atoms with Gasteiger partial charge in [-0.2, -0.15) is 0 Å². The molecule has 18 nitrogen and oxygen atoms in total. The Hall–Kier alpha value is -4.07. The fourth-order valence-corrected chi connectivity index (χ4v) is 8.29. The third kappa shape index (κ3) is 34.4. The van der Waals surface area contributed by atoms with Crippen molar-refractivity contribution in [1.82, 2.24) is 31.9 Å². The van der Waals surface area contributed by atoms with Gasteiger partial charge in [0.05, 0.1) is 24.3 Å². The molecule has 4 atom stereocenters. The Morgan fingerprint density at radius 3 is 1.09 bits per heavy atom. The van der Waals surface area contributed by atoms with Crippen LogP contribution in [0.2, 0.25) is 0 Å². The van der Waals surface area contributed by atoms with Gasteiger partial charge in [-0.05, 0) is 12.8 Å². The molecular formula is C44H79N7O11S2. The molecule has 64 heavy (non-hydrogen) atoms. The molecule has 0 aromatic heterocycles. The third-order valence-corrected chi connectivity index (χ3v) is 12.2. The summed E-state index contributed by atoms with van der Waals surface area (Å²) >= 11 is 2.04. The van der Waals surface area contributed by atoms with Crippen LogP contribution in [0.25, 0.3) is 0 Å². The van der Waals surface area contributed by atoms with E-state index in [1.54, 1.807) is 0 Å². The minimum Gasteiger partial charge on any atom is -0.481 e. The van der Waals surface area contributed by atoms with Crippen LogP contribution in [0.15, 0.2) is 0 Å². The molecule has 0 spiro atoms. The predicted octanol–water partition coefficient (Wildman–Crippen LogP) is 3.92. The molecular weight excluding hydrogens is 867 g/mol. The van der Waals surface area contributed by atoms with Crippen LogP contribution in [0.4, 0.5) is 0 Å². The van der Waals surface area contributed by atoms with Gasteiger partial charge in [0.25, 0.3) is 0 Å². The smallest absolute Gasteiger partial charge is 0.305 e. The highest BCUT2D eigenvalue weighted by Crippen LogP contribution is 2.12. The average molecular weight is 946 g/mol. The van der Waals surface area contributed by atoms with Gasteiger partial charge in [0.15, 0.2) is 0 Å². The maximum atomic E-state index is 13.3. The lowest BCUT2D eigenvalue weighted by atomic mass is 10.1. The van der Waals surface area contributed by atoms with Gasteiger partial charge in [-0.1, -0.05) is 129 Å². The molecule has 0 saturated carbocycles. The van der Waals surface area contributed by atoms with Gasteiger partial charge in [-0.25, -0.2) is 0 Å². The summed E-state index contributed by atoms with van der Waals surface area (Å²) in [7, 11) is 0. The van der Waals surface area contributed by atoms with Crippen molar-refractivity contribution in [3.8, 4) is 0 Å². The highest BCUT2D eigenvalue weighted by atomic mass is 32.2. The fourth-order valence-electron chi connectivity index (χ4n) is 6.53. The number of hydrogen-bond acceptors (Lipinski definition) is 11. The van der Waals surface area contributed by atoms with Gasteiger partial charge >= 0.3 is 11.9 Å². The Labute approximate surface area is 388 Å². The highest BCUT2D eigenvalue weighted by Gasteiger charge is 2.33. The van der Waals surface area contributed by atoms with Crippen LogP contribution in [0, 0.1) is 0 Å². The quantitative estimate of drug-likeness (QED) is 0.0393. The number of unbranched alkanes of at least 4 members (excludes halogenated alkanes) is 18. The number of amides is 7. The van der Waals surface area contributed by atoms with Crippen LogP contribution in [0.5, 0.6) is 0 Å². The van der Waals surface area contributed by atoms with Gasteiger partial charge < -0.3 is 47.8 Å². The van der Waals surface area contributed by atoms with Crippen LogP contribution in [0.1, 0.15) is 162 Å². The number of nitrogens with two attached hydrogens (primary N) is 1. The number of carboxylic acid groups (broad SMARTS) is 2. The van der Waals surface area contributed by atoms with Gasteiger partial charge in [0.2, 0.25) is 41.4 Å².